The summed E-state index contributed by atoms with van der Waals surface area (Å²) in [5.41, 5.74) is 0.187. The van der Waals surface area contributed by atoms with Crippen LogP contribution in [0.4, 0.5) is 8.78 Å². The third-order valence-electron chi connectivity index (χ3n) is 3.48. The molecule has 112 valence electrons. The number of halogens is 2. The average Bonchev–Trinajstić information content (AvgIpc) is 2.47. The molecule has 0 aliphatic heterocycles. The van der Waals surface area contributed by atoms with Crippen LogP contribution in [0.2, 0.25) is 0 Å². The van der Waals surface area contributed by atoms with Crippen LogP contribution in [0, 0.1) is 11.6 Å². The van der Waals surface area contributed by atoms with Crippen molar-refractivity contribution in [1.82, 2.24) is 4.57 Å². The smallest absolute Gasteiger partial charge is 0.189 e. The maximum atomic E-state index is 14.7. The van der Waals surface area contributed by atoms with Gasteiger partial charge in [0.05, 0.1) is 17.5 Å². The normalized spacial score (nSPS) is 11.7. The van der Waals surface area contributed by atoms with E-state index in [0.29, 0.717) is 18.7 Å². The first-order valence-electron chi connectivity index (χ1n) is 6.86. The quantitative estimate of drug-likeness (QED) is 0.942. The van der Waals surface area contributed by atoms with Gasteiger partial charge in [0.2, 0.25) is 0 Å². The zero-order valence-corrected chi connectivity index (χ0v) is 12.0. The van der Waals surface area contributed by atoms with Gasteiger partial charge in [0.15, 0.2) is 11.2 Å². The minimum Gasteiger partial charge on any atom is -0.392 e. The molecule has 0 amide bonds. The highest BCUT2D eigenvalue weighted by atomic mass is 19.1. The Bertz CT molecular complexity index is 763. The molecule has 1 aromatic heterocycles. The maximum Gasteiger partial charge on any atom is 0.189 e. The number of aliphatic hydroxyl groups excluding tert-OH is 1. The Hall–Kier alpha value is -2.01. The van der Waals surface area contributed by atoms with Gasteiger partial charge in [-0.25, -0.2) is 8.78 Å². The van der Waals surface area contributed by atoms with E-state index < -0.39 is 11.6 Å². The minimum atomic E-state index is -0.811. The van der Waals surface area contributed by atoms with Crippen molar-refractivity contribution in [3.8, 4) is 0 Å². The minimum absolute atomic E-state index is 0.0326. The Kier molecular flexibility index (Phi) is 4.53. The largest absolute Gasteiger partial charge is 0.392 e. The van der Waals surface area contributed by atoms with Gasteiger partial charge >= 0.3 is 0 Å². The number of pyridine rings is 1. The molecule has 0 fully saturated rings. The van der Waals surface area contributed by atoms with Crippen LogP contribution >= 0.6 is 0 Å². The van der Waals surface area contributed by atoms with Crippen molar-refractivity contribution >= 4 is 17.0 Å². The Morgan fingerprint density at radius 1 is 1.29 bits per heavy atom. The first-order valence-corrected chi connectivity index (χ1v) is 6.86. The van der Waals surface area contributed by atoms with Crippen LogP contribution < -0.4 is 5.43 Å². The first kappa shape index (κ1) is 15.4. The number of fused-ring (bicyclic) bond motifs is 1. The molecule has 1 heterocycles. The van der Waals surface area contributed by atoms with Crippen molar-refractivity contribution in [2.75, 3.05) is 6.61 Å². The van der Waals surface area contributed by atoms with Crippen LogP contribution in [0.3, 0.4) is 0 Å². The van der Waals surface area contributed by atoms with Crippen molar-refractivity contribution in [1.29, 1.82) is 0 Å². The molecule has 2 rings (SSSR count). The summed E-state index contributed by atoms with van der Waals surface area (Å²) < 4.78 is 30.3. The highest BCUT2D eigenvalue weighted by molar-refractivity contribution is 5.83. The van der Waals surface area contributed by atoms with E-state index in [0.717, 1.165) is 6.07 Å². The van der Waals surface area contributed by atoms with E-state index in [-0.39, 0.29) is 28.5 Å². The fraction of sp³-hybridized carbons (Fsp3) is 0.312. The summed E-state index contributed by atoms with van der Waals surface area (Å²) in [6, 6.07) is 2.48. The van der Waals surface area contributed by atoms with Gasteiger partial charge < -0.3 is 9.67 Å². The second-order valence-corrected chi connectivity index (χ2v) is 4.66. The predicted molar refractivity (Wildman–Crippen MR) is 79.3 cm³/mol. The molecule has 3 nitrogen and oxygen atoms in total. The van der Waals surface area contributed by atoms with Gasteiger partial charge in [-0.15, -0.1) is 0 Å². The van der Waals surface area contributed by atoms with E-state index in [1.165, 1.54) is 18.2 Å². The number of rotatable bonds is 4. The van der Waals surface area contributed by atoms with Crippen molar-refractivity contribution in [3.05, 3.63) is 51.3 Å². The fourth-order valence-corrected chi connectivity index (χ4v) is 2.50. The summed E-state index contributed by atoms with van der Waals surface area (Å²) >= 11 is 0. The molecule has 1 N–H and O–H groups in total. The number of aryl methyl sites for hydroxylation is 2. The summed E-state index contributed by atoms with van der Waals surface area (Å²) in [5, 5.41) is 8.80. The van der Waals surface area contributed by atoms with Crippen LogP contribution in [-0.4, -0.2) is 16.3 Å². The zero-order valence-electron chi connectivity index (χ0n) is 12.0. The Labute approximate surface area is 121 Å². The molecular formula is C16H17F2NO2. The van der Waals surface area contributed by atoms with Crippen molar-refractivity contribution in [2.24, 2.45) is 0 Å². The molecule has 2 aromatic rings. The molecule has 0 aliphatic rings. The molecule has 0 saturated carbocycles. The lowest BCUT2D eigenvalue weighted by Gasteiger charge is -2.16. The molecule has 0 unspecified atom stereocenters. The topological polar surface area (TPSA) is 42.2 Å². The number of aliphatic hydroxyl groups is 1. The maximum absolute atomic E-state index is 14.7. The lowest BCUT2D eigenvalue weighted by Crippen LogP contribution is -2.15. The molecule has 21 heavy (non-hydrogen) atoms. The second-order valence-electron chi connectivity index (χ2n) is 4.66. The van der Waals surface area contributed by atoms with Crippen LogP contribution in [0.25, 0.3) is 17.0 Å². The molecule has 0 bridgehead atoms. The van der Waals surface area contributed by atoms with Gasteiger partial charge in [-0.05, 0) is 19.4 Å². The van der Waals surface area contributed by atoms with Crippen LogP contribution in [0.5, 0.6) is 0 Å². The van der Waals surface area contributed by atoms with E-state index in [2.05, 4.69) is 0 Å². The highest BCUT2D eigenvalue weighted by Crippen LogP contribution is 2.24. The molecule has 0 radical (unpaired) electrons. The molecule has 0 aliphatic carbocycles. The van der Waals surface area contributed by atoms with Crippen molar-refractivity contribution in [3.63, 3.8) is 0 Å². The second kappa shape index (κ2) is 6.18. The summed E-state index contributed by atoms with van der Waals surface area (Å²) in [6.45, 7) is 3.88. The lowest BCUT2D eigenvalue weighted by atomic mass is 10.1. The Morgan fingerprint density at radius 3 is 2.57 bits per heavy atom. The number of hydrogen-bond acceptors (Lipinski definition) is 2. The molecule has 0 atom stereocenters. The summed E-state index contributed by atoms with van der Waals surface area (Å²) in [4.78, 5) is 12.1. The zero-order chi connectivity index (χ0) is 15.6. The van der Waals surface area contributed by atoms with E-state index in [4.69, 9.17) is 5.11 Å². The average molecular weight is 293 g/mol. The van der Waals surface area contributed by atoms with Gasteiger partial charge in [-0.3, -0.25) is 4.79 Å². The fourth-order valence-electron chi connectivity index (χ4n) is 2.50. The summed E-state index contributed by atoms with van der Waals surface area (Å²) in [7, 11) is 0. The van der Waals surface area contributed by atoms with E-state index >= 15 is 0 Å². The van der Waals surface area contributed by atoms with Crippen LogP contribution in [0.1, 0.15) is 25.1 Å². The Morgan fingerprint density at radius 2 is 2.00 bits per heavy atom. The van der Waals surface area contributed by atoms with Gasteiger partial charge in [0.25, 0.3) is 0 Å². The number of aromatic nitrogens is 1. The van der Waals surface area contributed by atoms with E-state index in [1.54, 1.807) is 4.57 Å². The summed E-state index contributed by atoms with van der Waals surface area (Å²) in [6.07, 6.45) is 3.02. The number of benzene rings is 1. The molecule has 1 aromatic carbocycles. The van der Waals surface area contributed by atoms with E-state index in [9.17, 15) is 13.6 Å². The third-order valence-corrected chi connectivity index (χ3v) is 3.48. The molecular weight excluding hydrogens is 276 g/mol. The molecule has 0 spiro atoms. The van der Waals surface area contributed by atoms with Crippen molar-refractivity contribution in [2.45, 2.75) is 26.8 Å². The van der Waals surface area contributed by atoms with Gasteiger partial charge in [-0.1, -0.05) is 19.1 Å². The highest BCUT2D eigenvalue weighted by Gasteiger charge is 2.17. The number of nitrogens with zero attached hydrogens (tertiary/aromatic N) is 1. The predicted octanol–water partition coefficient (Wildman–Crippen LogP) is 2.87. The van der Waals surface area contributed by atoms with Gasteiger partial charge in [0, 0.05) is 23.9 Å². The van der Waals surface area contributed by atoms with Crippen LogP contribution in [0.15, 0.2) is 23.0 Å². The SMILES string of the molecule is CCc1cc(=O)c2cc(F)c(C=CCO)c(F)c2n1CC. The van der Waals surface area contributed by atoms with E-state index in [1.807, 2.05) is 13.8 Å². The lowest BCUT2D eigenvalue weighted by molar-refractivity contribution is 0.343. The molecule has 0 saturated heterocycles. The Balaban J connectivity index is 2.95. The number of hydrogen-bond donors (Lipinski definition) is 1. The monoisotopic (exact) mass is 293 g/mol. The van der Waals surface area contributed by atoms with Gasteiger partial charge in [0.1, 0.15) is 5.82 Å². The third kappa shape index (κ3) is 2.61. The standard InChI is InChI=1S/C16H17F2NO2/c1-3-10-8-14(21)12-9-13(17)11(6-5-7-20)15(18)16(12)19(10)4-2/h5-6,8-9,20H,3-4,7H2,1-2H3. The van der Waals surface area contributed by atoms with Gasteiger partial charge in [-0.2, -0.15) is 0 Å². The summed E-state index contributed by atoms with van der Waals surface area (Å²) in [5.74, 6) is -1.59. The first-order chi connectivity index (χ1) is 10.0. The molecule has 5 heteroatoms. The van der Waals surface area contributed by atoms with Crippen molar-refractivity contribution < 1.29 is 13.9 Å². The van der Waals surface area contributed by atoms with Crippen LogP contribution in [-0.2, 0) is 13.0 Å².